The Morgan fingerprint density at radius 1 is 0.567 bits per heavy atom. The molecule has 0 amide bonds. The molecule has 30 heavy (non-hydrogen) atoms. The maximum absolute atomic E-state index is 12.4. The van der Waals surface area contributed by atoms with E-state index in [0.29, 0.717) is 25.0 Å². The molecule has 1 aromatic rings. The van der Waals surface area contributed by atoms with Crippen molar-refractivity contribution < 1.29 is 19.1 Å². The third-order valence-electron chi connectivity index (χ3n) is 4.89. The summed E-state index contributed by atoms with van der Waals surface area (Å²) in [7, 11) is 0. The SMILES string of the molecule is O=C(OCCCCCCCCCl)c1ccccc1C(=O)OCCCCCCCCCl. The van der Waals surface area contributed by atoms with Crippen LogP contribution in [0.5, 0.6) is 0 Å². The second kappa shape index (κ2) is 18.5. The van der Waals surface area contributed by atoms with Gasteiger partial charge in [-0.25, -0.2) is 9.59 Å². The lowest BCUT2D eigenvalue weighted by Crippen LogP contribution is -2.15. The zero-order valence-corrected chi connectivity index (χ0v) is 19.5. The standard InChI is InChI=1S/C24H36Cl2O4/c25-17-11-5-1-3-7-13-19-29-23(27)21-15-9-10-16-22(21)24(28)30-20-14-8-4-2-6-12-18-26/h9-10,15-16H,1-8,11-14,17-20H2. The Balaban J connectivity index is 2.29. The highest BCUT2D eigenvalue weighted by atomic mass is 35.5. The highest BCUT2D eigenvalue weighted by molar-refractivity contribution is 6.18. The van der Waals surface area contributed by atoms with Gasteiger partial charge in [0.05, 0.1) is 24.3 Å². The Hall–Kier alpha value is -1.26. The first-order chi connectivity index (χ1) is 14.7. The minimum absolute atomic E-state index is 0.269. The second-order valence-corrected chi connectivity index (χ2v) is 8.19. The number of benzene rings is 1. The van der Waals surface area contributed by atoms with Crippen LogP contribution in [-0.4, -0.2) is 36.9 Å². The Morgan fingerprint density at radius 2 is 0.900 bits per heavy atom. The summed E-state index contributed by atoms with van der Waals surface area (Å²) in [6.45, 7) is 0.725. The monoisotopic (exact) mass is 458 g/mol. The Morgan fingerprint density at radius 3 is 1.27 bits per heavy atom. The molecule has 1 aromatic carbocycles. The van der Waals surface area contributed by atoms with Gasteiger partial charge in [-0.3, -0.25) is 0 Å². The van der Waals surface area contributed by atoms with Crippen molar-refractivity contribution in [2.45, 2.75) is 77.0 Å². The topological polar surface area (TPSA) is 52.6 Å². The van der Waals surface area contributed by atoms with Crippen LogP contribution in [0, 0.1) is 0 Å². The average molecular weight is 459 g/mol. The predicted octanol–water partition coefficient (Wildman–Crippen LogP) is 7.16. The van der Waals surface area contributed by atoms with Gasteiger partial charge >= 0.3 is 11.9 Å². The number of ether oxygens (including phenoxy) is 2. The van der Waals surface area contributed by atoms with Crippen LogP contribution in [0.15, 0.2) is 24.3 Å². The second-order valence-electron chi connectivity index (χ2n) is 7.44. The van der Waals surface area contributed by atoms with E-state index in [1.807, 2.05) is 0 Å². The molecule has 0 atom stereocenters. The van der Waals surface area contributed by atoms with Crippen LogP contribution in [0.2, 0.25) is 0 Å². The normalized spacial score (nSPS) is 10.7. The minimum atomic E-state index is -0.469. The van der Waals surface area contributed by atoms with Gasteiger partial charge in [0.2, 0.25) is 0 Å². The molecule has 0 radical (unpaired) electrons. The van der Waals surface area contributed by atoms with Gasteiger partial charge in [-0.15, -0.1) is 23.2 Å². The lowest BCUT2D eigenvalue weighted by Gasteiger charge is -2.10. The van der Waals surface area contributed by atoms with Gasteiger partial charge < -0.3 is 9.47 Å². The molecule has 0 saturated heterocycles. The highest BCUT2D eigenvalue weighted by Crippen LogP contribution is 2.14. The van der Waals surface area contributed by atoms with Gasteiger partial charge in [-0.1, -0.05) is 63.5 Å². The summed E-state index contributed by atoms with van der Waals surface area (Å²) in [6, 6.07) is 6.68. The first-order valence-corrected chi connectivity index (χ1v) is 12.3. The summed E-state index contributed by atoms with van der Waals surface area (Å²) < 4.78 is 10.7. The van der Waals surface area contributed by atoms with Gasteiger partial charge in [-0.05, 0) is 37.8 Å². The number of hydrogen-bond donors (Lipinski definition) is 0. The average Bonchev–Trinajstić information content (AvgIpc) is 2.77. The van der Waals surface area contributed by atoms with Crippen LogP contribution in [0.25, 0.3) is 0 Å². The lowest BCUT2D eigenvalue weighted by molar-refractivity contribution is 0.0450. The fraction of sp³-hybridized carbons (Fsp3) is 0.667. The van der Waals surface area contributed by atoms with E-state index in [1.165, 1.54) is 0 Å². The molecule has 0 aliphatic carbocycles. The molecule has 0 fully saturated rings. The van der Waals surface area contributed by atoms with E-state index in [-0.39, 0.29) is 11.1 Å². The zero-order valence-electron chi connectivity index (χ0n) is 18.0. The fourth-order valence-electron chi connectivity index (χ4n) is 3.13. The number of esters is 2. The Labute approximate surface area is 191 Å². The first-order valence-electron chi connectivity index (χ1n) is 11.3. The molecule has 0 saturated carbocycles. The first kappa shape index (κ1) is 26.8. The number of rotatable bonds is 18. The van der Waals surface area contributed by atoms with Gasteiger partial charge in [-0.2, -0.15) is 0 Å². The Kier molecular flexibility index (Phi) is 16.5. The van der Waals surface area contributed by atoms with Crippen LogP contribution >= 0.6 is 23.2 Å². The molecule has 170 valence electrons. The third kappa shape index (κ3) is 12.4. The quantitative estimate of drug-likeness (QED) is 0.133. The third-order valence-corrected chi connectivity index (χ3v) is 5.42. The molecular weight excluding hydrogens is 423 g/mol. The highest BCUT2D eigenvalue weighted by Gasteiger charge is 2.18. The lowest BCUT2D eigenvalue weighted by atomic mass is 10.1. The van der Waals surface area contributed by atoms with Gasteiger partial charge in [0.25, 0.3) is 0 Å². The Bertz CT molecular complexity index is 541. The van der Waals surface area contributed by atoms with Crippen molar-refractivity contribution in [2.24, 2.45) is 0 Å². The van der Waals surface area contributed by atoms with E-state index < -0.39 is 11.9 Å². The minimum Gasteiger partial charge on any atom is -0.462 e. The van der Waals surface area contributed by atoms with Crippen LogP contribution in [0.3, 0.4) is 0 Å². The van der Waals surface area contributed by atoms with Gasteiger partial charge in [0, 0.05) is 11.8 Å². The van der Waals surface area contributed by atoms with E-state index in [0.717, 1.165) is 77.0 Å². The van der Waals surface area contributed by atoms with Gasteiger partial charge in [0.15, 0.2) is 0 Å². The number of unbranched alkanes of at least 4 members (excludes halogenated alkanes) is 10. The largest absolute Gasteiger partial charge is 0.462 e. The van der Waals surface area contributed by atoms with Crippen LogP contribution in [0.1, 0.15) is 97.8 Å². The number of carbonyl (C=O) groups is 2. The maximum atomic E-state index is 12.4. The van der Waals surface area contributed by atoms with Crippen molar-refractivity contribution in [3.63, 3.8) is 0 Å². The summed E-state index contributed by atoms with van der Waals surface area (Å²) >= 11 is 11.3. The van der Waals surface area contributed by atoms with E-state index in [1.54, 1.807) is 24.3 Å². The molecule has 4 nitrogen and oxygen atoms in total. The van der Waals surface area contributed by atoms with E-state index in [4.69, 9.17) is 32.7 Å². The molecule has 6 heteroatoms. The molecule has 0 heterocycles. The van der Waals surface area contributed by atoms with E-state index >= 15 is 0 Å². The summed E-state index contributed by atoms with van der Waals surface area (Å²) in [4.78, 5) is 24.8. The molecular formula is C24H36Cl2O4. The van der Waals surface area contributed by atoms with Crippen molar-refractivity contribution in [1.29, 1.82) is 0 Å². The van der Waals surface area contributed by atoms with E-state index in [2.05, 4.69) is 0 Å². The van der Waals surface area contributed by atoms with Crippen LogP contribution < -0.4 is 0 Å². The summed E-state index contributed by atoms with van der Waals surface area (Å²) in [5.41, 5.74) is 0.538. The van der Waals surface area contributed by atoms with Gasteiger partial charge in [0.1, 0.15) is 0 Å². The number of hydrogen-bond acceptors (Lipinski definition) is 4. The van der Waals surface area contributed by atoms with Crippen molar-refractivity contribution in [1.82, 2.24) is 0 Å². The van der Waals surface area contributed by atoms with Crippen molar-refractivity contribution in [3.8, 4) is 0 Å². The number of carbonyl (C=O) groups excluding carboxylic acids is 2. The number of halogens is 2. The zero-order chi connectivity index (χ0) is 21.9. The fourth-order valence-corrected chi connectivity index (χ4v) is 3.51. The van der Waals surface area contributed by atoms with Crippen molar-refractivity contribution in [2.75, 3.05) is 25.0 Å². The predicted molar refractivity (Wildman–Crippen MR) is 124 cm³/mol. The van der Waals surface area contributed by atoms with E-state index in [9.17, 15) is 9.59 Å². The molecule has 0 aromatic heterocycles. The summed E-state index contributed by atoms with van der Waals surface area (Å²) in [5, 5.41) is 0. The molecule has 0 unspecified atom stereocenters. The number of alkyl halides is 2. The molecule has 0 spiro atoms. The summed E-state index contributed by atoms with van der Waals surface area (Å²) in [6.07, 6.45) is 12.6. The van der Waals surface area contributed by atoms with Crippen molar-refractivity contribution >= 4 is 35.1 Å². The molecule has 0 aliphatic rings. The molecule has 0 aliphatic heterocycles. The smallest absolute Gasteiger partial charge is 0.339 e. The molecule has 0 bridgehead atoms. The maximum Gasteiger partial charge on any atom is 0.339 e. The van der Waals surface area contributed by atoms with Crippen LogP contribution in [-0.2, 0) is 9.47 Å². The van der Waals surface area contributed by atoms with Crippen molar-refractivity contribution in [3.05, 3.63) is 35.4 Å². The van der Waals surface area contributed by atoms with Crippen LogP contribution in [0.4, 0.5) is 0 Å². The molecule has 0 N–H and O–H groups in total. The summed E-state index contributed by atoms with van der Waals surface area (Å²) in [5.74, 6) is 0.496. The molecule has 1 rings (SSSR count).